The predicted octanol–water partition coefficient (Wildman–Crippen LogP) is 3.27. The molecule has 2 saturated heterocycles. The van der Waals surface area contributed by atoms with Crippen LogP contribution in [0.3, 0.4) is 0 Å². The van der Waals surface area contributed by atoms with Gasteiger partial charge in [0.1, 0.15) is 0 Å². The van der Waals surface area contributed by atoms with Gasteiger partial charge in [-0.3, -0.25) is 4.90 Å². The molecule has 1 aromatic carbocycles. The second kappa shape index (κ2) is 5.87. The third-order valence-electron chi connectivity index (χ3n) is 5.20. The first-order chi connectivity index (χ1) is 9.67. The van der Waals surface area contributed by atoms with E-state index in [1.807, 2.05) is 0 Å². The molecule has 2 aliphatic heterocycles. The van der Waals surface area contributed by atoms with Gasteiger partial charge in [-0.15, -0.1) is 0 Å². The highest BCUT2D eigenvalue weighted by Gasteiger charge is 2.36. The molecule has 1 spiro atoms. The van der Waals surface area contributed by atoms with Crippen molar-refractivity contribution in [1.82, 2.24) is 10.2 Å². The Hall–Kier alpha value is -0.860. The van der Waals surface area contributed by atoms with Crippen LogP contribution in [-0.4, -0.2) is 31.1 Å². The molecule has 110 valence electrons. The molecule has 1 N–H and O–H groups in total. The second-order valence-corrected chi connectivity index (χ2v) is 7.02. The fraction of sp³-hybridized carbons (Fsp3) is 0.667. The summed E-state index contributed by atoms with van der Waals surface area (Å²) in [7, 11) is 0. The summed E-state index contributed by atoms with van der Waals surface area (Å²) in [6, 6.07) is 6.86. The molecule has 0 aromatic heterocycles. The van der Waals surface area contributed by atoms with Gasteiger partial charge in [-0.2, -0.15) is 0 Å². The normalized spacial score (nSPS) is 27.9. The summed E-state index contributed by atoms with van der Waals surface area (Å²) in [5.74, 6) is 0. The Kier molecular flexibility index (Phi) is 4.13. The van der Waals surface area contributed by atoms with Crippen molar-refractivity contribution in [3.63, 3.8) is 0 Å². The first-order valence-corrected chi connectivity index (χ1v) is 8.16. The lowest BCUT2D eigenvalue weighted by Crippen LogP contribution is -2.50. The highest BCUT2D eigenvalue weighted by Crippen LogP contribution is 2.36. The molecule has 2 fully saturated rings. The van der Waals surface area contributed by atoms with Crippen LogP contribution in [0.25, 0.3) is 0 Å². The number of aryl methyl sites for hydroxylation is 2. The Balaban J connectivity index is 1.69. The van der Waals surface area contributed by atoms with E-state index < -0.39 is 0 Å². The molecule has 1 unspecified atom stereocenters. The number of piperidine rings is 2. The maximum atomic E-state index is 3.62. The quantitative estimate of drug-likeness (QED) is 0.889. The van der Waals surface area contributed by atoms with Gasteiger partial charge in [0.15, 0.2) is 0 Å². The second-order valence-electron chi connectivity index (χ2n) is 7.02. The fourth-order valence-corrected chi connectivity index (χ4v) is 4.04. The minimum atomic E-state index is 0.564. The molecule has 3 rings (SSSR count). The highest BCUT2D eigenvalue weighted by atomic mass is 15.1. The molecule has 0 aliphatic carbocycles. The Morgan fingerprint density at radius 2 is 2.05 bits per heavy atom. The molecule has 2 heterocycles. The molecule has 0 saturated carbocycles. The topological polar surface area (TPSA) is 15.3 Å². The smallest absolute Gasteiger partial charge is 0.0236 e. The number of nitrogens with one attached hydrogen (secondary N) is 1. The maximum absolute atomic E-state index is 3.62. The van der Waals surface area contributed by atoms with Crippen LogP contribution in [0, 0.1) is 19.3 Å². The average molecular weight is 272 g/mol. The van der Waals surface area contributed by atoms with Crippen LogP contribution in [0.2, 0.25) is 0 Å². The van der Waals surface area contributed by atoms with Crippen LogP contribution in [-0.2, 0) is 6.54 Å². The van der Waals surface area contributed by atoms with Crippen LogP contribution >= 0.6 is 0 Å². The number of hydrogen-bond acceptors (Lipinski definition) is 2. The summed E-state index contributed by atoms with van der Waals surface area (Å²) < 4.78 is 0. The molecule has 1 atom stereocenters. The van der Waals surface area contributed by atoms with Crippen LogP contribution in [0.5, 0.6) is 0 Å². The van der Waals surface area contributed by atoms with Crippen molar-refractivity contribution in [3.8, 4) is 0 Å². The standard InChI is InChI=1S/C18H28N2/c1-15-5-6-16(2)17(11-15)12-20-10-4-8-18(14-20)7-3-9-19-13-18/h5-6,11,19H,3-4,7-10,12-14H2,1-2H3. The Morgan fingerprint density at radius 3 is 2.85 bits per heavy atom. The average Bonchev–Trinajstić information content (AvgIpc) is 2.44. The molecular weight excluding hydrogens is 244 g/mol. The maximum Gasteiger partial charge on any atom is 0.0236 e. The molecule has 2 nitrogen and oxygen atoms in total. The van der Waals surface area contributed by atoms with Gasteiger partial charge in [0.25, 0.3) is 0 Å². The minimum Gasteiger partial charge on any atom is -0.316 e. The van der Waals surface area contributed by atoms with Gasteiger partial charge in [0.2, 0.25) is 0 Å². The Labute approximate surface area is 123 Å². The molecule has 20 heavy (non-hydrogen) atoms. The van der Waals surface area contributed by atoms with E-state index in [-0.39, 0.29) is 0 Å². The van der Waals surface area contributed by atoms with E-state index >= 15 is 0 Å². The van der Waals surface area contributed by atoms with Crippen molar-refractivity contribution >= 4 is 0 Å². The van der Waals surface area contributed by atoms with Crippen molar-refractivity contribution in [2.45, 2.75) is 46.1 Å². The first-order valence-electron chi connectivity index (χ1n) is 8.16. The van der Waals surface area contributed by atoms with Gasteiger partial charge in [-0.1, -0.05) is 23.8 Å². The lowest BCUT2D eigenvalue weighted by atomic mass is 9.74. The van der Waals surface area contributed by atoms with E-state index in [4.69, 9.17) is 0 Å². The molecule has 2 heteroatoms. The number of likely N-dealkylation sites (tertiary alicyclic amines) is 1. The summed E-state index contributed by atoms with van der Waals surface area (Å²) in [5.41, 5.74) is 4.91. The molecule has 0 radical (unpaired) electrons. The van der Waals surface area contributed by atoms with E-state index in [2.05, 4.69) is 42.3 Å². The van der Waals surface area contributed by atoms with E-state index in [9.17, 15) is 0 Å². The Bertz CT molecular complexity index is 455. The third-order valence-corrected chi connectivity index (χ3v) is 5.20. The zero-order chi connectivity index (χ0) is 14.0. The van der Waals surface area contributed by atoms with Crippen molar-refractivity contribution in [2.75, 3.05) is 26.2 Å². The van der Waals surface area contributed by atoms with Gasteiger partial charge in [-0.25, -0.2) is 0 Å². The lowest BCUT2D eigenvalue weighted by molar-refractivity contribution is 0.0599. The van der Waals surface area contributed by atoms with Gasteiger partial charge in [0, 0.05) is 19.6 Å². The Morgan fingerprint density at radius 1 is 1.20 bits per heavy atom. The van der Waals surface area contributed by atoms with Crippen LogP contribution in [0.15, 0.2) is 18.2 Å². The predicted molar refractivity (Wildman–Crippen MR) is 85.0 cm³/mol. The summed E-state index contributed by atoms with van der Waals surface area (Å²) in [6.07, 6.45) is 5.57. The number of hydrogen-bond donors (Lipinski definition) is 1. The van der Waals surface area contributed by atoms with Crippen molar-refractivity contribution < 1.29 is 0 Å². The van der Waals surface area contributed by atoms with Gasteiger partial charge >= 0.3 is 0 Å². The molecular formula is C18H28N2. The highest BCUT2D eigenvalue weighted by molar-refractivity contribution is 5.30. The summed E-state index contributed by atoms with van der Waals surface area (Å²) in [6.45, 7) is 10.6. The van der Waals surface area contributed by atoms with Crippen LogP contribution < -0.4 is 5.32 Å². The van der Waals surface area contributed by atoms with E-state index in [0.717, 1.165) is 6.54 Å². The zero-order valence-electron chi connectivity index (χ0n) is 13.0. The summed E-state index contributed by atoms with van der Waals surface area (Å²) in [5, 5.41) is 3.62. The molecule has 0 amide bonds. The number of rotatable bonds is 2. The molecule has 0 bridgehead atoms. The van der Waals surface area contributed by atoms with Gasteiger partial charge in [-0.05, 0) is 69.2 Å². The lowest BCUT2D eigenvalue weighted by Gasteiger charge is -2.45. The largest absolute Gasteiger partial charge is 0.316 e. The van der Waals surface area contributed by atoms with Crippen LogP contribution in [0.4, 0.5) is 0 Å². The van der Waals surface area contributed by atoms with Crippen molar-refractivity contribution in [3.05, 3.63) is 34.9 Å². The summed E-state index contributed by atoms with van der Waals surface area (Å²) in [4.78, 5) is 2.69. The monoisotopic (exact) mass is 272 g/mol. The minimum absolute atomic E-state index is 0.564. The molecule has 2 aliphatic rings. The van der Waals surface area contributed by atoms with Crippen LogP contribution in [0.1, 0.15) is 42.4 Å². The number of benzene rings is 1. The van der Waals surface area contributed by atoms with Crippen molar-refractivity contribution in [2.24, 2.45) is 5.41 Å². The zero-order valence-corrected chi connectivity index (χ0v) is 13.0. The summed E-state index contributed by atoms with van der Waals surface area (Å²) >= 11 is 0. The third kappa shape index (κ3) is 3.07. The van der Waals surface area contributed by atoms with E-state index in [1.54, 1.807) is 0 Å². The fourth-order valence-electron chi connectivity index (χ4n) is 4.04. The van der Waals surface area contributed by atoms with Gasteiger partial charge < -0.3 is 5.32 Å². The van der Waals surface area contributed by atoms with Gasteiger partial charge in [0.05, 0.1) is 0 Å². The van der Waals surface area contributed by atoms with Crippen molar-refractivity contribution in [1.29, 1.82) is 0 Å². The van der Waals surface area contributed by atoms with E-state index in [0.29, 0.717) is 5.41 Å². The SMILES string of the molecule is Cc1ccc(C)c(CN2CCCC3(CCCNC3)C2)c1. The first kappa shape index (κ1) is 14.1. The van der Waals surface area contributed by atoms with E-state index in [1.165, 1.54) is 68.6 Å². The molecule has 1 aromatic rings. The number of nitrogens with zero attached hydrogens (tertiary/aromatic N) is 1.